The summed E-state index contributed by atoms with van der Waals surface area (Å²) in [5.41, 5.74) is 10.9. The molecule has 55 heavy (non-hydrogen) atoms. The van der Waals surface area contributed by atoms with E-state index in [1.54, 1.807) is 7.11 Å². The van der Waals surface area contributed by atoms with Crippen molar-refractivity contribution in [3.8, 4) is 22.6 Å². The molecular formula is C51H37NO3. The first-order valence-corrected chi connectivity index (χ1v) is 19.3. The van der Waals surface area contributed by atoms with Gasteiger partial charge in [-0.2, -0.15) is 0 Å². The van der Waals surface area contributed by atoms with Gasteiger partial charge in [0.1, 0.15) is 11.5 Å². The minimum atomic E-state index is -0.876. The Kier molecular flexibility index (Phi) is 6.39. The third-order valence-electron chi connectivity index (χ3n) is 12.8. The summed E-state index contributed by atoms with van der Waals surface area (Å²) in [5, 5.41) is 7.45. The molecule has 4 heteroatoms. The van der Waals surface area contributed by atoms with Gasteiger partial charge in [-0.1, -0.05) is 121 Å². The van der Waals surface area contributed by atoms with E-state index in [1.165, 1.54) is 60.6 Å². The van der Waals surface area contributed by atoms with Gasteiger partial charge < -0.3 is 19.1 Å². The molecule has 1 fully saturated rings. The molecule has 2 aliphatic carbocycles. The van der Waals surface area contributed by atoms with Crippen LogP contribution in [0.2, 0.25) is 0 Å². The summed E-state index contributed by atoms with van der Waals surface area (Å²) in [6.07, 6.45) is 4.68. The van der Waals surface area contributed by atoms with E-state index in [9.17, 15) is 0 Å². The van der Waals surface area contributed by atoms with Gasteiger partial charge in [-0.15, -0.1) is 0 Å². The molecule has 264 valence electrons. The van der Waals surface area contributed by atoms with Gasteiger partial charge in [-0.3, -0.25) is 0 Å². The summed E-state index contributed by atoms with van der Waals surface area (Å²) in [5.74, 6) is 1.68. The molecule has 12 rings (SSSR count). The molecule has 1 saturated heterocycles. The van der Waals surface area contributed by atoms with Crippen molar-refractivity contribution < 1.29 is 14.2 Å². The fourth-order valence-corrected chi connectivity index (χ4v) is 10.5. The van der Waals surface area contributed by atoms with Gasteiger partial charge in [0, 0.05) is 40.9 Å². The Labute approximate surface area is 319 Å². The van der Waals surface area contributed by atoms with E-state index in [4.69, 9.17) is 14.2 Å². The molecule has 0 amide bonds. The third-order valence-corrected chi connectivity index (χ3v) is 12.8. The fourth-order valence-electron chi connectivity index (χ4n) is 10.5. The standard InChI is InChI=1S/C51H37NO3/c1-53-37-23-24-38-41(31-37)49-40(25-26-50(55-49,34-11-3-2-4-12-34)35-19-21-36(22-20-35)52-27-29-54-30-28-52)48-47(38)39-13-5-6-14-42(39)51(48)43-15-7-9-32-17-18-33-10-8-16-44(51)46(33)45(32)43/h2-26,31H,27-30H2,1H3. The largest absolute Gasteiger partial charge is 0.497 e. The van der Waals surface area contributed by atoms with Gasteiger partial charge in [0.15, 0.2) is 5.60 Å². The average molecular weight is 712 g/mol. The van der Waals surface area contributed by atoms with E-state index in [0.29, 0.717) is 0 Å². The Balaban J connectivity index is 1.18. The van der Waals surface area contributed by atoms with Crippen LogP contribution in [0.25, 0.3) is 49.5 Å². The predicted octanol–water partition coefficient (Wildman–Crippen LogP) is 11.0. The molecule has 0 saturated carbocycles. The first-order valence-electron chi connectivity index (χ1n) is 19.3. The lowest BCUT2D eigenvalue weighted by atomic mass is 9.68. The Morgan fingerprint density at radius 1 is 0.618 bits per heavy atom. The summed E-state index contributed by atoms with van der Waals surface area (Å²) in [6.45, 7) is 3.28. The van der Waals surface area contributed by atoms with Crippen LogP contribution in [0, 0.1) is 0 Å². The molecule has 2 heterocycles. The Hall–Kier alpha value is -6.36. The molecule has 1 unspecified atom stereocenters. The van der Waals surface area contributed by atoms with E-state index in [0.717, 1.165) is 65.3 Å². The van der Waals surface area contributed by atoms with Gasteiger partial charge in [0.2, 0.25) is 0 Å². The molecule has 8 aromatic carbocycles. The number of hydrogen-bond acceptors (Lipinski definition) is 4. The van der Waals surface area contributed by atoms with E-state index >= 15 is 0 Å². The van der Waals surface area contributed by atoms with Crippen molar-refractivity contribution in [2.24, 2.45) is 0 Å². The van der Waals surface area contributed by atoms with Gasteiger partial charge in [0.25, 0.3) is 0 Å². The minimum absolute atomic E-state index is 0.535. The third kappa shape index (κ3) is 3.99. The Morgan fingerprint density at radius 2 is 1.29 bits per heavy atom. The van der Waals surface area contributed by atoms with E-state index in [2.05, 4.69) is 163 Å². The first kappa shape index (κ1) is 31.0. The summed E-state index contributed by atoms with van der Waals surface area (Å²) in [4.78, 5) is 2.40. The monoisotopic (exact) mass is 711 g/mol. The normalized spacial score (nSPS) is 18.5. The maximum absolute atomic E-state index is 7.76. The van der Waals surface area contributed by atoms with E-state index < -0.39 is 11.0 Å². The molecule has 1 spiro atoms. The molecule has 4 aliphatic rings. The number of morpholine rings is 1. The van der Waals surface area contributed by atoms with E-state index in [-0.39, 0.29) is 0 Å². The zero-order chi connectivity index (χ0) is 36.3. The smallest absolute Gasteiger partial charge is 0.178 e. The maximum atomic E-state index is 7.76. The topological polar surface area (TPSA) is 30.9 Å². The second kappa shape index (κ2) is 11.3. The Morgan fingerprint density at radius 3 is 2.02 bits per heavy atom. The van der Waals surface area contributed by atoms with Gasteiger partial charge in [-0.25, -0.2) is 0 Å². The highest BCUT2D eigenvalue weighted by molar-refractivity contribution is 6.19. The summed E-state index contributed by atoms with van der Waals surface area (Å²) < 4.78 is 19.3. The van der Waals surface area contributed by atoms with Crippen LogP contribution in [-0.2, 0) is 15.8 Å². The number of hydrogen-bond donors (Lipinski definition) is 0. The number of nitrogens with zero attached hydrogens (tertiary/aromatic N) is 1. The van der Waals surface area contributed by atoms with Crippen molar-refractivity contribution in [2.45, 2.75) is 11.0 Å². The zero-order valence-corrected chi connectivity index (χ0v) is 30.5. The molecule has 4 nitrogen and oxygen atoms in total. The van der Waals surface area contributed by atoms with Gasteiger partial charge in [0.05, 0.1) is 25.7 Å². The van der Waals surface area contributed by atoms with Crippen LogP contribution >= 0.6 is 0 Å². The second-order valence-corrected chi connectivity index (χ2v) is 15.3. The van der Waals surface area contributed by atoms with E-state index in [1.807, 2.05) is 0 Å². The van der Waals surface area contributed by atoms with Crippen molar-refractivity contribution in [3.05, 3.63) is 191 Å². The second-order valence-electron chi connectivity index (χ2n) is 15.3. The lowest BCUT2D eigenvalue weighted by molar-refractivity contribution is 0.122. The molecule has 1 atom stereocenters. The molecular weight excluding hydrogens is 675 g/mol. The van der Waals surface area contributed by atoms with Crippen LogP contribution in [0.3, 0.4) is 0 Å². The van der Waals surface area contributed by atoms with Crippen molar-refractivity contribution in [3.63, 3.8) is 0 Å². The quantitative estimate of drug-likeness (QED) is 0.170. The SMILES string of the molecule is COc1ccc2c3c(c4c(c2c1)OC(c1ccccc1)(c1ccc(N2CCOCC2)cc1)C=C4)C1(c2ccccc2-3)c2cccc3ccc4cccc1c4c23. The predicted molar refractivity (Wildman–Crippen MR) is 223 cm³/mol. The van der Waals surface area contributed by atoms with Crippen LogP contribution in [0.1, 0.15) is 38.9 Å². The van der Waals surface area contributed by atoms with Gasteiger partial charge in [-0.05, 0) is 96.7 Å². The minimum Gasteiger partial charge on any atom is -0.497 e. The number of anilines is 1. The molecule has 0 aromatic heterocycles. The highest BCUT2D eigenvalue weighted by Crippen LogP contribution is 2.66. The lowest BCUT2D eigenvalue weighted by Crippen LogP contribution is -2.37. The fraction of sp³-hybridized carbons (Fsp3) is 0.137. The number of rotatable bonds is 4. The molecule has 0 bridgehead atoms. The Bertz CT molecular complexity index is 2860. The van der Waals surface area contributed by atoms with Crippen molar-refractivity contribution in [1.29, 1.82) is 0 Å². The summed E-state index contributed by atoms with van der Waals surface area (Å²) in [6, 6.07) is 53.6. The number of methoxy groups -OCH3 is 1. The average Bonchev–Trinajstić information content (AvgIpc) is 3.75. The first-order chi connectivity index (χ1) is 27.2. The molecule has 0 N–H and O–H groups in total. The highest BCUT2D eigenvalue weighted by Gasteiger charge is 2.54. The number of ether oxygens (including phenoxy) is 3. The lowest BCUT2D eigenvalue weighted by Gasteiger charge is -2.39. The summed E-state index contributed by atoms with van der Waals surface area (Å²) in [7, 11) is 1.74. The zero-order valence-electron chi connectivity index (χ0n) is 30.5. The molecule has 0 radical (unpaired) electrons. The molecule has 2 aliphatic heterocycles. The van der Waals surface area contributed by atoms with Crippen molar-refractivity contribution in [2.75, 3.05) is 38.3 Å². The van der Waals surface area contributed by atoms with Crippen molar-refractivity contribution in [1.82, 2.24) is 0 Å². The number of benzene rings is 8. The van der Waals surface area contributed by atoms with Gasteiger partial charge >= 0.3 is 0 Å². The van der Waals surface area contributed by atoms with Crippen LogP contribution < -0.4 is 14.4 Å². The summed E-state index contributed by atoms with van der Waals surface area (Å²) >= 11 is 0. The van der Waals surface area contributed by atoms with Crippen molar-refractivity contribution >= 4 is 44.1 Å². The van der Waals surface area contributed by atoms with Crippen LogP contribution in [0.4, 0.5) is 5.69 Å². The highest BCUT2D eigenvalue weighted by atomic mass is 16.5. The van der Waals surface area contributed by atoms with Crippen LogP contribution in [0.15, 0.2) is 152 Å². The maximum Gasteiger partial charge on any atom is 0.178 e. The van der Waals surface area contributed by atoms with Crippen LogP contribution in [-0.4, -0.2) is 33.4 Å². The number of fused-ring (bicyclic) bond motifs is 12. The molecule has 8 aromatic rings. The van der Waals surface area contributed by atoms with Crippen LogP contribution in [0.5, 0.6) is 11.5 Å².